The summed E-state index contributed by atoms with van der Waals surface area (Å²) in [6, 6.07) is 4.78. The van der Waals surface area contributed by atoms with Gasteiger partial charge in [-0.05, 0) is 71.6 Å². The maximum Gasteiger partial charge on any atom is 0.410 e. The van der Waals surface area contributed by atoms with Crippen LogP contribution < -0.4 is 10.2 Å². The van der Waals surface area contributed by atoms with Crippen LogP contribution in [0.1, 0.15) is 64.3 Å². The van der Waals surface area contributed by atoms with Crippen LogP contribution in [0.25, 0.3) is 0 Å². The summed E-state index contributed by atoms with van der Waals surface area (Å²) in [5.41, 5.74) is 0.974. The van der Waals surface area contributed by atoms with Crippen LogP contribution in [0.4, 0.5) is 16.6 Å². The molecule has 3 aliphatic rings. The zero-order chi connectivity index (χ0) is 29.7. The molecule has 0 unspecified atom stereocenters. The molecule has 3 saturated heterocycles. The number of anilines is 2. The molecule has 0 bridgehead atoms. The molecule has 0 radical (unpaired) electrons. The maximum absolute atomic E-state index is 13.4. The Kier molecular flexibility index (Phi) is 8.27. The van der Waals surface area contributed by atoms with Crippen molar-refractivity contribution in [2.24, 2.45) is 5.41 Å². The number of carbonyl (C=O) groups is 2. The molecule has 2 amide bonds. The summed E-state index contributed by atoms with van der Waals surface area (Å²) in [7, 11) is 0. The molecule has 3 fully saturated rings. The quantitative estimate of drug-likeness (QED) is 0.415. The lowest BCUT2D eigenvalue weighted by molar-refractivity contribution is -0.152. The summed E-state index contributed by atoms with van der Waals surface area (Å²) in [6.45, 7) is 12.7. The third-order valence-corrected chi connectivity index (χ3v) is 8.92. The number of ether oxygens (including phenoxy) is 1. The Bertz CT molecular complexity index is 1340. The van der Waals surface area contributed by atoms with E-state index in [1.807, 2.05) is 45.6 Å². The number of hydrogen-bond donors (Lipinski definition) is 1. The molecule has 4 heterocycles. The third-order valence-electron chi connectivity index (χ3n) is 7.90. The lowest BCUT2D eigenvalue weighted by Crippen LogP contribution is -2.74. The monoisotopic (exact) mass is 622 g/mol. The average Bonchev–Trinajstić information content (AvgIpc) is 2.84. The van der Waals surface area contributed by atoms with Crippen molar-refractivity contribution >= 4 is 58.6 Å². The van der Waals surface area contributed by atoms with Gasteiger partial charge in [0.15, 0.2) is 5.82 Å². The topological polar surface area (TPSA) is 90.9 Å². The predicted molar refractivity (Wildman–Crippen MR) is 162 cm³/mol. The molecule has 1 spiro atoms. The number of nitrogens with one attached hydrogen (secondary N) is 1. The van der Waals surface area contributed by atoms with Gasteiger partial charge in [-0.25, -0.2) is 9.78 Å². The first-order valence-corrected chi connectivity index (χ1v) is 15.2. The molecular formula is C29H37Cl3N6O3. The molecule has 41 heavy (non-hydrogen) atoms. The highest BCUT2D eigenvalue weighted by atomic mass is 35.5. The Balaban J connectivity index is 1.20. The summed E-state index contributed by atoms with van der Waals surface area (Å²) in [4.78, 5) is 41.2. The normalized spacial score (nSPS) is 20.8. The van der Waals surface area contributed by atoms with Gasteiger partial charge in [-0.1, -0.05) is 40.9 Å². The summed E-state index contributed by atoms with van der Waals surface area (Å²) < 4.78 is 5.58. The van der Waals surface area contributed by atoms with E-state index in [0.29, 0.717) is 58.6 Å². The second kappa shape index (κ2) is 11.3. The second-order valence-electron chi connectivity index (χ2n) is 12.5. The molecule has 2 aromatic rings. The van der Waals surface area contributed by atoms with E-state index in [1.165, 1.54) is 0 Å². The zero-order valence-corrected chi connectivity index (χ0v) is 26.4. The number of aryl methyl sites for hydroxylation is 1. The second-order valence-corrected chi connectivity index (χ2v) is 13.8. The fourth-order valence-corrected chi connectivity index (χ4v) is 6.59. The van der Waals surface area contributed by atoms with E-state index in [-0.39, 0.29) is 17.4 Å². The van der Waals surface area contributed by atoms with Crippen molar-refractivity contribution in [3.63, 3.8) is 0 Å². The van der Waals surface area contributed by atoms with Crippen molar-refractivity contribution in [3.8, 4) is 0 Å². The van der Waals surface area contributed by atoms with Gasteiger partial charge in [0.2, 0.25) is 11.9 Å². The summed E-state index contributed by atoms with van der Waals surface area (Å²) >= 11 is 19.0. The van der Waals surface area contributed by atoms with Gasteiger partial charge in [-0.3, -0.25) is 9.69 Å². The van der Waals surface area contributed by atoms with Gasteiger partial charge in [0.05, 0.1) is 11.7 Å². The summed E-state index contributed by atoms with van der Waals surface area (Å²) in [6.07, 6.45) is 2.06. The first-order valence-electron chi connectivity index (χ1n) is 14.0. The van der Waals surface area contributed by atoms with Gasteiger partial charge >= 0.3 is 6.09 Å². The summed E-state index contributed by atoms with van der Waals surface area (Å²) in [5, 5.41) is 4.97. The van der Waals surface area contributed by atoms with Crippen LogP contribution >= 0.6 is 34.8 Å². The van der Waals surface area contributed by atoms with E-state index in [9.17, 15) is 9.59 Å². The van der Waals surface area contributed by atoms with Gasteiger partial charge in [0, 0.05) is 48.2 Å². The van der Waals surface area contributed by atoms with Crippen molar-refractivity contribution in [2.45, 2.75) is 71.6 Å². The highest BCUT2D eigenvalue weighted by molar-refractivity contribution is 6.35. The molecule has 3 aliphatic heterocycles. The number of likely N-dealkylation sites (tertiary alicyclic amines) is 2. The lowest BCUT2D eigenvalue weighted by atomic mass is 9.72. The number of halogens is 3. The minimum atomic E-state index is -0.600. The Hall–Kier alpha value is -2.49. The van der Waals surface area contributed by atoms with E-state index in [0.717, 1.165) is 31.5 Å². The van der Waals surface area contributed by atoms with Gasteiger partial charge < -0.3 is 19.9 Å². The number of hydrogen-bond acceptors (Lipinski definition) is 7. The smallest absolute Gasteiger partial charge is 0.410 e. The van der Waals surface area contributed by atoms with Crippen molar-refractivity contribution < 1.29 is 14.3 Å². The molecule has 1 aromatic heterocycles. The van der Waals surface area contributed by atoms with Crippen LogP contribution in [0.5, 0.6) is 0 Å². The van der Waals surface area contributed by atoms with Crippen molar-refractivity contribution in [1.29, 1.82) is 0 Å². The number of aromatic nitrogens is 2. The Labute approximate surface area is 256 Å². The number of carbonyl (C=O) groups excluding carboxylic acids is 2. The Morgan fingerprint density at radius 2 is 1.80 bits per heavy atom. The molecule has 0 saturated carbocycles. The minimum Gasteiger partial charge on any atom is -0.444 e. The van der Waals surface area contributed by atoms with Crippen molar-refractivity contribution in [2.75, 3.05) is 42.9 Å². The Morgan fingerprint density at radius 1 is 1.10 bits per heavy atom. The zero-order valence-electron chi connectivity index (χ0n) is 24.1. The van der Waals surface area contributed by atoms with Crippen LogP contribution in [0.3, 0.4) is 0 Å². The highest BCUT2D eigenvalue weighted by Crippen LogP contribution is 2.43. The van der Waals surface area contributed by atoms with Crippen LogP contribution in [0.2, 0.25) is 15.1 Å². The van der Waals surface area contributed by atoms with E-state index in [1.54, 1.807) is 17.0 Å². The molecule has 222 valence electrons. The fourth-order valence-electron chi connectivity index (χ4n) is 5.88. The number of benzene rings is 1. The van der Waals surface area contributed by atoms with Gasteiger partial charge in [-0.15, -0.1) is 0 Å². The molecule has 2 atom stereocenters. The predicted octanol–water partition coefficient (Wildman–Crippen LogP) is 6.36. The minimum absolute atomic E-state index is 0.00961. The van der Waals surface area contributed by atoms with Crippen molar-refractivity contribution in [3.05, 3.63) is 44.5 Å². The van der Waals surface area contributed by atoms with Gasteiger partial charge in [0.25, 0.3) is 0 Å². The number of nitrogens with zero attached hydrogens (tertiary/aromatic N) is 5. The molecular weight excluding hydrogens is 587 g/mol. The first-order chi connectivity index (χ1) is 19.2. The van der Waals surface area contributed by atoms with E-state index >= 15 is 0 Å². The van der Waals surface area contributed by atoms with Gasteiger partial charge in [-0.2, -0.15) is 4.98 Å². The molecule has 12 heteroatoms. The third kappa shape index (κ3) is 6.32. The van der Waals surface area contributed by atoms with Crippen LogP contribution in [0.15, 0.2) is 18.2 Å². The van der Waals surface area contributed by atoms with Crippen LogP contribution in [0, 0.1) is 12.3 Å². The summed E-state index contributed by atoms with van der Waals surface area (Å²) in [5.74, 6) is 1.15. The van der Waals surface area contributed by atoms with Crippen LogP contribution in [-0.2, 0) is 9.53 Å². The van der Waals surface area contributed by atoms with E-state index in [4.69, 9.17) is 44.5 Å². The van der Waals surface area contributed by atoms with E-state index in [2.05, 4.69) is 15.2 Å². The molecule has 1 N–H and O–H groups in total. The SMILES string of the molecule is Cc1nc(N2CC3(CN(C(=O)[C@H]4CCCCN4C(=O)OC(C)(C)C)C3)C2)nc(N[C@H](C)c2ccc(Cl)cc2Cl)c1Cl. The highest BCUT2D eigenvalue weighted by Gasteiger charge is 2.55. The molecule has 9 nitrogen and oxygen atoms in total. The first kappa shape index (κ1) is 30.0. The molecule has 5 rings (SSSR count). The number of amides is 2. The molecule has 1 aromatic carbocycles. The standard InChI is InChI=1S/C29H37Cl3N6O3/c1-17(20-10-9-19(30)12-21(20)31)33-24-23(32)18(2)34-26(35-24)37-15-29(16-37)13-36(14-29)25(39)22-8-6-7-11-38(22)27(40)41-28(3,4)5/h9-10,12,17,22H,6-8,11,13-16H2,1-5H3,(H,33,34,35)/t17-,22-/m1/s1. The molecule has 0 aliphatic carbocycles. The van der Waals surface area contributed by atoms with E-state index < -0.39 is 17.7 Å². The lowest BCUT2D eigenvalue weighted by Gasteiger charge is -2.60. The Morgan fingerprint density at radius 3 is 2.46 bits per heavy atom. The maximum atomic E-state index is 13.4. The van der Waals surface area contributed by atoms with Gasteiger partial charge in [0.1, 0.15) is 16.7 Å². The fraction of sp³-hybridized carbons (Fsp3) is 0.586. The number of piperidine rings is 1. The largest absolute Gasteiger partial charge is 0.444 e. The van der Waals surface area contributed by atoms with Crippen LogP contribution in [-0.4, -0.2) is 76.1 Å². The average molecular weight is 624 g/mol. The number of rotatable bonds is 5. The van der Waals surface area contributed by atoms with Crippen molar-refractivity contribution in [1.82, 2.24) is 19.8 Å².